The van der Waals surface area contributed by atoms with Crippen LogP contribution in [-0.4, -0.2) is 58.3 Å². The molecule has 0 aliphatic heterocycles. The minimum absolute atomic E-state index is 0.140. The van der Waals surface area contributed by atoms with Gasteiger partial charge in [0.2, 0.25) is 0 Å². The minimum atomic E-state index is -1.06. The number of hydrogen-bond donors (Lipinski definition) is 3. The first-order valence-electron chi connectivity index (χ1n) is 15.4. The van der Waals surface area contributed by atoms with Gasteiger partial charge < -0.3 is 20.1 Å². The molecule has 0 aliphatic rings. The van der Waals surface area contributed by atoms with Crippen LogP contribution < -0.4 is 0 Å². The largest absolute Gasteiger partial charge is 0.463 e. The molecule has 0 saturated heterocycles. The van der Waals surface area contributed by atoms with Crippen LogP contribution in [0.2, 0.25) is 0 Å². The second-order valence-corrected chi connectivity index (χ2v) is 10.8. The molecule has 2 rings (SSSR count). The fraction of sp³-hybridized carbons (Fsp3) is 0.514. The van der Waals surface area contributed by atoms with Crippen molar-refractivity contribution in [2.24, 2.45) is 0 Å². The molecule has 2 aromatic carbocycles. The van der Waals surface area contributed by atoms with Crippen LogP contribution >= 0.6 is 0 Å². The molecule has 230 valence electrons. The Morgan fingerprint density at radius 2 is 1.19 bits per heavy atom. The van der Waals surface area contributed by atoms with Gasteiger partial charge in [-0.3, -0.25) is 14.4 Å². The van der Waals surface area contributed by atoms with Crippen LogP contribution in [0.25, 0.3) is 0 Å². The van der Waals surface area contributed by atoms with E-state index in [1.54, 1.807) is 36.4 Å². The third kappa shape index (κ3) is 13.2. The van der Waals surface area contributed by atoms with Crippen LogP contribution in [-0.2, 0) is 9.53 Å². The summed E-state index contributed by atoms with van der Waals surface area (Å²) in [5, 5.41) is 29.0. The quantitative estimate of drug-likeness (QED) is 0.0638. The topological polar surface area (TPSA) is 121 Å². The predicted molar refractivity (Wildman–Crippen MR) is 164 cm³/mol. The molecule has 0 aromatic heterocycles. The summed E-state index contributed by atoms with van der Waals surface area (Å²) in [4.78, 5) is 39.4. The van der Waals surface area contributed by atoms with Gasteiger partial charge >= 0.3 is 5.97 Å². The van der Waals surface area contributed by atoms with E-state index in [1.807, 2.05) is 24.3 Å². The van der Waals surface area contributed by atoms with E-state index in [0.717, 1.165) is 44.9 Å². The van der Waals surface area contributed by atoms with Crippen molar-refractivity contribution in [1.29, 1.82) is 0 Å². The minimum Gasteiger partial charge on any atom is -0.463 e. The molecule has 0 amide bonds. The van der Waals surface area contributed by atoms with Crippen LogP contribution in [0.3, 0.4) is 0 Å². The molecule has 0 fully saturated rings. The first-order chi connectivity index (χ1) is 20.4. The Hall–Kier alpha value is -3.13. The van der Waals surface area contributed by atoms with Crippen molar-refractivity contribution in [2.45, 2.75) is 103 Å². The first kappa shape index (κ1) is 35.1. The zero-order valence-electron chi connectivity index (χ0n) is 25.0. The molecule has 7 nitrogen and oxygen atoms in total. The van der Waals surface area contributed by atoms with Crippen LogP contribution in [0.1, 0.15) is 111 Å². The molecule has 42 heavy (non-hydrogen) atoms. The molecular weight excluding hydrogens is 532 g/mol. The van der Waals surface area contributed by atoms with E-state index in [-0.39, 0.29) is 31.0 Å². The molecule has 0 heterocycles. The zero-order chi connectivity index (χ0) is 30.6. The van der Waals surface area contributed by atoms with Gasteiger partial charge in [0.25, 0.3) is 0 Å². The second-order valence-electron chi connectivity index (χ2n) is 10.8. The van der Waals surface area contributed by atoms with Crippen molar-refractivity contribution in [1.82, 2.24) is 0 Å². The molecule has 0 spiro atoms. The lowest BCUT2D eigenvalue weighted by atomic mass is 9.86. The summed E-state index contributed by atoms with van der Waals surface area (Å²) >= 11 is 0. The van der Waals surface area contributed by atoms with E-state index in [2.05, 4.69) is 6.92 Å². The summed E-state index contributed by atoms with van der Waals surface area (Å²) in [7, 11) is 0. The van der Waals surface area contributed by atoms with Crippen molar-refractivity contribution >= 4 is 17.5 Å². The number of esters is 1. The number of allylic oxidation sites excluding steroid dienone is 1. The third-order valence-electron chi connectivity index (χ3n) is 7.27. The van der Waals surface area contributed by atoms with Crippen LogP contribution in [0.5, 0.6) is 0 Å². The Morgan fingerprint density at radius 3 is 1.76 bits per heavy atom. The Labute approximate surface area is 250 Å². The summed E-state index contributed by atoms with van der Waals surface area (Å²) in [5.41, 5.74) is 1.88. The van der Waals surface area contributed by atoms with E-state index < -0.39 is 24.8 Å². The van der Waals surface area contributed by atoms with Crippen molar-refractivity contribution < 1.29 is 34.4 Å². The molecule has 3 N–H and O–H groups in total. The number of aliphatic hydroxyl groups is 3. The number of carbonyl (C=O) groups excluding carboxylic acids is 3. The maximum atomic E-state index is 13.8. The predicted octanol–water partition coefficient (Wildman–Crippen LogP) is 6.40. The number of ketones is 2. The van der Waals surface area contributed by atoms with Crippen molar-refractivity contribution in [2.75, 3.05) is 13.2 Å². The van der Waals surface area contributed by atoms with Gasteiger partial charge in [-0.05, 0) is 25.7 Å². The van der Waals surface area contributed by atoms with Gasteiger partial charge in [-0.25, -0.2) is 0 Å². The zero-order valence-corrected chi connectivity index (χ0v) is 25.0. The molecule has 2 atom stereocenters. The third-order valence-corrected chi connectivity index (χ3v) is 7.27. The molecule has 1 unspecified atom stereocenters. The van der Waals surface area contributed by atoms with E-state index in [4.69, 9.17) is 9.84 Å². The Balaban J connectivity index is 2.14. The number of ether oxygens (including phenoxy) is 1. The fourth-order valence-electron chi connectivity index (χ4n) is 4.84. The monoisotopic (exact) mass is 580 g/mol. The highest BCUT2D eigenvalue weighted by atomic mass is 16.5. The average Bonchev–Trinajstić information content (AvgIpc) is 3.02. The number of unbranched alkanes of at least 4 members (excludes halogenated alkanes) is 7. The Bertz CT molecular complexity index is 1090. The van der Waals surface area contributed by atoms with Gasteiger partial charge in [0.15, 0.2) is 11.6 Å². The molecule has 0 radical (unpaired) electrons. The number of carbonyl (C=O) groups is 3. The lowest BCUT2D eigenvalue weighted by Crippen LogP contribution is -2.21. The van der Waals surface area contributed by atoms with Gasteiger partial charge in [-0.15, -0.1) is 0 Å². The van der Waals surface area contributed by atoms with Crippen LogP contribution in [0.4, 0.5) is 0 Å². The maximum Gasteiger partial charge on any atom is 0.305 e. The SMILES string of the molecule is CCCCCC[C@@H](O)C/C(C(=O)c1ccccc1)=C(\CCCCCCCC(=O)OCC(O)CO)C(=O)c1ccccc1. The Kier molecular flexibility index (Phi) is 17.3. The molecule has 0 saturated carbocycles. The normalized spacial score (nSPS) is 13.2. The van der Waals surface area contributed by atoms with E-state index in [1.165, 1.54) is 0 Å². The summed E-state index contributed by atoms with van der Waals surface area (Å²) in [5.74, 6) is -0.799. The number of aliphatic hydroxyl groups excluding tert-OH is 3. The van der Waals surface area contributed by atoms with E-state index in [9.17, 15) is 24.6 Å². The highest BCUT2D eigenvalue weighted by molar-refractivity contribution is 6.17. The van der Waals surface area contributed by atoms with Crippen molar-refractivity contribution in [3.05, 3.63) is 82.9 Å². The summed E-state index contributed by atoms with van der Waals surface area (Å²) in [6, 6.07) is 17.9. The van der Waals surface area contributed by atoms with Gasteiger partial charge in [0.1, 0.15) is 12.7 Å². The standard InChI is InChI=1S/C35H48O7/c1-2-3-4-14-21-29(37)24-32(35(41)28-19-12-9-13-20-28)31(34(40)27-17-10-8-11-18-27)22-15-6-5-7-16-23-33(39)42-26-30(38)25-36/h8-13,17-20,29-30,36-38H,2-7,14-16,21-26H2,1H3/b32-31-/t29-,30?/m1/s1. The second kappa shape index (κ2) is 20.7. The van der Waals surface area contributed by atoms with Crippen LogP contribution in [0.15, 0.2) is 71.8 Å². The van der Waals surface area contributed by atoms with Crippen molar-refractivity contribution in [3.8, 4) is 0 Å². The maximum absolute atomic E-state index is 13.8. The highest BCUT2D eigenvalue weighted by Gasteiger charge is 2.25. The number of rotatable bonds is 22. The molecular formula is C35H48O7. The lowest BCUT2D eigenvalue weighted by Gasteiger charge is -2.18. The summed E-state index contributed by atoms with van der Waals surface area (Å²) < 4.78 is 4.93. The van der Waals surface area contributed by atoms with Crippen molar-refractivity contribution in [3.63, 3.8) is 0 Å². The average molecular weight is 581 g/mol. The highest BCUT2D eigenvalue weighted by Crippen LogP contribution is 2.27. The molecule has 7 heteroatoms. The number of hydrogen-bond acceptors (Lipinski definition) is 7. The molecule has 2 aromatic rings. The van der Waals surface area contributed by atoms with Gasteiger partial charge in [0, 0.05) is 35.1 Å². The Morgan fingerprint density at radius 1 is 0.667 bits per heavy atom. The smallest absolute Gasteiger partial charge is 0.305 e. The van der Waals surface area contributed by atoms with Gasteiger partial charge in [0.05, 0.1) is 12.7 Å². The van der Waals surface area contributed by atoms with Gasteiger partial charge in [-0.1, -0.05) is 113 Å². The fourth-order valence-corrected chi connectivity index (χ4v) is 4.84. The molecule has 0 aliphatic carbocycles. The summed E-state index contributed by atoms with van der Waals surface area (Å²) in [6.45, 7) is 1.47. The first-order valence-corrected chi connectivity index (χ1v) is 15.4. The van der Waals surface area contributed by atoms with Crippen LogP contribution in [0, 0.1) is 0 Å². The number of benzene rings is 2. The lowest BCUT2D eigenvalue weighted by molar-refractivity contribution is -0.147. The van der Waals surface area contributed by atoms with E-state index in [0.29, 0.717) is 48.0 Å². The number of Topliss-reactive ketones (excluding diaryl/α,β-unsaturated/α-hetero) is 2. The van der Waals surface area contributed by atoms with E-state index >= 15 is 0 Å². The van der Waals surface area contributed by atoms with Gasteiger partial charge in [-0.2, -0.15) is 0 Å². The molecule has 0 bridgehead atoms. The summed E-state index contributed by atoms with van der Waals surface area (Å²) in [6.07, 6.45) is 7.52.